The Balaban J connectivity index is 3.41. The molecule has 0 aliphatic heterocycles. The quantitative estimate of drug-likeness (QED) is 0.573. The average molecular weight is 207 g/mol. The van der Waals surface area contributed by atoms with Crippen molar-refractivity contribution in [3.8, 4) is 0 Å². The van der Waals surface area contributed by atoms with Crippen molar-refractivity contribution in [2.45, 2.75) is 20.0 Å². The number of hydrogen-bond acceptors (Lipinski definition) is 4. The Morgan fingerprint density at radius 3 is 2.38 bits per heavy atom. The van der Waals surface area contributed by atoms with Crippen LogP contribution in [0.15, 0.2) is 0 Å². The van der Waals surface area contributed by atoms with Gasteiger partial charge < -0.3 is 14.7 Å². The summed E-state index contributed by atoms with van der Waals surface area (Å²) in [6.45, 7) is 8.01. The third-order valence-corrected chi connectivity index (χ3v) is 2.47. The molecule has 4 heteroatoms. The van der Waals surface area contributed by atoms with Crippen LogP contribution in [0.3, 0.4) is 0 Å². The number of hydrogen-bond donors (Lipinski definition) is 2. The van der Waals surface area contributed by atoms with Crippen molar-refractivity contribution >= 4 is 12.6 Å². The van der Waals surface area contributed by atoms with Gasteiger partial charge in [-0.2, -0.15) is 12.6 Å². The first-order valence-electron chi connectivity index (χ1n) is 4.84. The molecule has 80 valence electrons. The smallest absolute Gasteiger partial charge is 0.0893 e. The molecule has 0 aromatic carbocycles. The SMILES string of the molecule is CCN(CC)CCO[C@@H](CO)CS. The third kappa shape index (κ3) is 6.32. The number of ether oxygens (including phenoxy) is 1. The van der Waals surface area contributed by atoms with Crippen molar-refractivity contribution in [3.63, 3.8) is 0 Å². The number of thiol groups is 1. The number of likely N-dealkylation sites (N-methyl/N-ethyl adjacent to an activating group) is 1. The van der Waals surface area contributed by atoms with E-state index in [2.05, 4.69) is 31.4 Å². The van der Waals surface area contributed by atoms with E-state index >= 15 is 0 Å². The molecule has 0 bridgehead atoms. The van der Waals surface area contributed by atoms with E-state index in [0.29, 0.717) is 12.4 Å². The molecule has 1 N–H and O–H groups in total. The van der Waals surface area contributed by atoms with Gasteiger partial charge >= 0.3 is 0 Å². The molecule has 0 saturated carbocycles. The average Bonchev–Trinajstić information content (AvgIpc) is 2.19. The molecule has 0 heterocycles. The molecule has 0 spiro atoms. The molecule has 0 amide bonds. The summed E-state index contributed by atoms with van der Waals surface area (Å²) in [5.74, 6) is 0.578. The van der Waals surface area contributed by atoms with Crippen LogP contribution in [0.4, 0.5) is 0 Å². The van der Waals surface area contributed by atoms with Gasteiger partial charge in [0.25, 0.3) is 0 Å². The molecule has 0 aromatic heterocycles. The Morgan fingerprint density at radius 1 is 1.38 bits per heavy atom. The Bertz CT molecular complexity index is 93.8. The summed E-state index contributed by atoms with van der Waals surface area (Å²) < 4.78 is 5.41. The maximum Gasteiger partial charge on any atom is 0.0893 e. The first-order valence-corrected chi connectivity index (χ1v) is 5.47. The second kappa shape index (κ2) is 8.81. The van der Waals surface area contributed by atoms with Gasteiger partial charge in [0.15, 0.2) is 0 Å². The minimum Gasteiger partial charge on any atom is -0.394 e. The highest BCUT2D eigenvalue weighted by Gasteiger charge is 2.05. The zero-order valence-electron chi connectivity index (χ0n) is 8.57. The van der Waals surface area contributed by atoms with Crippen molar-refractivity contribution < 1.29 is 9.84 Å². The molecule has 0 aliphatic rings. The van der Waals surface area contributed by atoms with Crippen molar-refractivity contribution in [3.05, 3.63) is 0 Å². The molecule has 3 nitrogen and oxygen atoms in total. The van der Waals surface area contributed by atoms with E-state index in [0.717, 1.165) is 19.6 Å². The fourth-order valence-electron chi connectivity index (χ4n) is 1.05. The van der Waals surface area contributed by atoms with Crippen molar-refractivity contribution in [1.82, 2.24) is 4.90 Å². The summed E-state index contributed by atoms with van der Waals surface area (Å²) in [4.78, 5) is 2.28. The molecule has 0 radical (unpaired) electrons. The summed E-state index contributed by atoms with van der Waals surface area (Å²) in [5, 5.41) is 8.82. The predicted molar refractivity (Wildman–Crippen MR) is 58.5 cm³/mol. The lowest BCUT2D eigenvalue weighted by molar-refractivity contribution is 0.0180. The van der Waals surface area contributed by atoms with E-state index in [1.165, 1.54) is 0 Å². The van der Waals surface area contributed by atoms with Crippen LogP contribution < -0.4 is 0 Å². The molecule has 1 atom stereocenters. The number of rotatable bonds is 8. The molecule has 13 heavy (non-hydrogen) atoms. The van der Waals surface area contributed by atoms with E-state index < -0.39 is 0 Å². The fourth-order valence-corrected chi connectivity index (χ4v) is 1.27. The second-order valence-electron chi connectivity index (χ2n) is 2.88. The Kier molecular flexibility index (Phi) is 8.97. The zero-order chi connectivity index (χ0) is 10.1. The van der Waals surface area contributed by atoms with Crippen molar-refractivity contribution in [2.75, 3.05) is 38.6 Å². The summed E-state index contributed by atoms with van der Waals surface area (Å²) >= 11 is 4.07. The van der Waals surface area contributed by atoms with E-state index in [9.17, 15) is 0 Å². The van der Waals surface area contributed by atoms with Gasteiger partial charge in [0.1, 0.15) is 0 Å². The summed E-state index contributed by atoms with van der Waals surface area (Å²) in [5.41, 5.74) is 0. The first kappa shape index (κ1) is 13.2. The molecule has 0 aromatic rings. The van der Waals surface area contributed by atoms with Crippen molar-refractivity contribution in [2.24, 2.45) is 0 Å². The van der Waals surface area contributed by atoms with Gasteiger partial charge in [-0.1, -0.05) is 13.8 Å². The van der Waals surface area contributed by atoms with Crippen LogP contribution in [0.25, 0.3) is 0 Å². The minimum absolute atomic E-state index is 0.0573. The second-order valence-corrected chi connectivity index (χ2v) is 3.25. The summed E-state index contributed by atoms with van der Waals surface area (Å²) in [6.07, 6.45) is -0.112. The molecule has 0 aliphatic carbocycles. The number of aliphatic hydroxyl groups excluding tert-OH is 1. The Hall–Kier alpha value is 0.230. The summed E-state index contributed by atoms with van der Waals surface area (Å²) in [6, 6.07) is 0. The van der Waals surface area contributed by atoms with Gasteiger partial charge in [-0.3, -0.25) is 0 Å². The first-order chi connectivity index (χ1) is 6.28. The normalized spacial score (nSPS) is 13.6. The molecule has 0 saturated heterocycles. The standard InChI is InChI=1S/C9H21NO2S/c1-3-10(4-2)5-6-12-9(7-11)8-13/h9,11,13H,3-8H2,1-2H3/t9-/m0/s1. The Labute approximate surface area is 86.5 Å². The van der Waals surface area contributed by atoms with Crippen LogP contribution in [-0.2, 0) is 4.74 Å². The highest BCUT2D eigenvalue weighted by Crippen LogP contribution is 1.95. The molecule has 0 fully saturated rings. The lowest BCUT2D eigenvalue weighted by atomic mass is 10.4. The molecule has 0 rings (SSSR count). The minimum atomic E-state index is -0.112. The van der Waals surface area contributed by atoms with Crippen LogP contribution >= 0.6 is 12.6 Å². The van der Waals surface area contributed by atoms with E-state index in [4.69, 9.17) is 9.84 Å². The zero-order valence-corrected chi connectivity index (χ0v) is 9.46. The maximum atomic E-state index is 8.82. The van der Waals surface area contributed by atoms with E-state index in [1.54, 1.807) is 0 Å². The van der Waals surface area contributed by atoms with Crippen LogP contribution in [0, 0.1) is 0 Å². The van der Waals surface area contributed by atoms with Gasteiger partial charge in [0.2, 0.25) is 0 Å². The van der Waals surface area contributed by atoms with Crippen LogP contribution in [-0.4, -0.2) is 54.7 Å². The lowest BCUT2D eigenvalue weighted by Crippen LogP contribution is -2.30. The molecular weight excluding hydrogens is 186 g/mol. The molecular formula is C9H21NO2S. The molecule has 0 unspecified atom stereocenters. The fraction of sp³-hybridized carbons (Fsp3) is 1.00. The van der Waals surface area contributed by atoms with E-state index in [1.807, 2.05) is 0 Å². The number of aliphatic hydroxyl groups is 1. The lowest BCUT2D eigenvalue weighted by Gasteiger charge is -2.19. The van der Waals surface area contributed by atoms with Gasteiger partial charge in [0.05, 0.1) is 19.3 Å². The number of nitrogens with zero attached hydrogens (tertiary/aromatic N) is 1. The maximum absolute atomic E-state index is 8.82. The summed E-state index contributed by atoms with van der Waals surface area (Å²) in [7, 11) is 0. The van der Waals surface area contributed by atoms with E-state index in [-0.39, 0.29) is 12.7 Å². The highest BCUT2D eigenvalue weighted by molar-refractivity contribution is 7.80. The monoisotopic (exact) mass is 207 g/mol. The van der Waals surface area contributed by atoms with Crippen LogP contribution in [0.2, 0.25) is 0 Å². The third-order valence-electron chi connectivity index (χ3n) is 2.06. The Morgan fingerprint density at radius 2 is 2.00 bits per heavy atom. The van der Waals surface area contributed by atoms with Gasteiger partial charge in [0, 0.05) is 12.3 Å². The highest BCUT2D eigenvalue weighted by atomic mass is 32.1. The van der Waals surface area contributed by atoms with Gasteiger partial charge in [-0.25, -0.2) is 0 Å². The van der Waals surface area contributed by atoms with Crippen LogP contribution in [0.5, 0.6) is 0 Å². The van der Waals surface area contributed by atoms with Gasteiger partial charge in [-0.15, -0.1) is 0 Å². The van der Waals surface area contributed by atoms with Crippen molar-refractivity contribution in [1.29, 1.82) is 0 Å². The predicted octanol–water partition coefficient (Wildman–Crippen LogP) is 0.635. The van der Waals surface area contributed by atoms with Crippen LogP contribution in [0.1, 0.15) is 13.8 Å². The largest absolute Gasteiger partial charge is 0.394 e. The van der Waals surface area contributed by atoms with Gasteiger partial charge in [-0.05, 0) is 13.1 Å². The topological polar surface area (TPSA) is 32.7 Å².